The molecular weight excluding hydrogens is 321 g/mol. The van der Waals surface area contributed by atoms with Gasteiger partial charge in [-0.25, -0.2) is 0 Å². The lowest BCUT2D eigenvalue weighted by Gasteiger charge is -2.07. The number of benzene rings is 2. The van der Waals surface area contributed by atoms with Gasteiger partial charge in [0.1, 0.15) is 0 Å². The predicted molar refractivity (Wildman–Crippen MR) is 84.6 cm³/mol. The molecule has 2 aromatic carbocycles. The van der Waals surface area contributed by atoms with Crippen LogP contribution in [0.3, 0.4) is 0 Å². The van der Waals surface area contributed by atoms with Crippen molar-refractivity contribution in [2.45, 2.75) is 6.18 Å². The molecule has 0 radical (unpaired) electrons. The summed E-state index contributed by atoms with van der Waals surface area (Å²) in [6.07, 6.45) is -4.38. The van der Waals surface area contributed by atoms with Crippen LogP contribution in [0.15, 0.2) is 66.7 Å². The highest BCUT2D eigenvalue weighted by Crippen LogP contribution is 2.34. The molecular formula is C18H11F3OS. The van der Waals surface area contributed by atoms with E-state index >= 15 is 0 Å². The van der Waals surface area contributed by atoms with Crippen LogP contribution in [0.1, 0.15) is 20.8 Å². The lowest BCUT2D eigenvalue weighted by Crippen LogP contribution is -2.04. The Bertz CT molecular complexity index is 835. The summed E-state index contributed by atoms with van der Waals surface area (Å²) in [5.41, 5.74) is 0.321. The van der Waals surface area contributed by atoms with Gasteiger partial charge in [0.05, 0.1) is 10.4 Å². The minimum Gasteiger partial charge on any atom is -0.288 e. The van der Waals surface area contributed by atoms with E-state index in [1.807, 2.05) is 6.07 Å². The Morgan fingerprint density at radius 1 is 0.870 bits per heavy atom. The third kappa shape index (κ3) is 3.35. The molecule has 0 N–H and O–H groups in total. The SMILES string of the molecule is O=C(c1ccccc1)c1ccc(-c2cccc(C(F)(F)F)c2)s1. The van der Waals surface area contributed by atoms with Gasteiger partial charge in [-0.1, -0.05) is 42.5 Å². The van der Waals surface area contributed by atoms with Gasteiger partial charge in [0, 0.05) is 10.4 Å². The molecule has 3 aromatic rings. The molecule has 0 amide bonds. The van der Waals surface area contributed by atoms with Crippen molar-refractivity contribution in [2.75, 3.05) is 0 Å². The first-order valence-electron chi connectivity index (χ1n) is 6.82. The van der Waals surface area contributed by atoms with Gasteiger partial charge in [0.2, 0.25) is 5.78 Å². The number of rotatable bonds is 3. The van der Waals surface area contributed by atoms with Gasteiger partial charge in [-0.2, -0.15) is 13.2 Å². The molecule has 1 nitrogen and oxygen atoms in total. The number of alkyl halides is 3. The van der Waals surface area contributed by atoms with Crippen LogP contribution in [-0.4, -0.2) is 5.78 Å². The number of halogens is 3. The first kappa shape index (κ1) is 15.5. The molecule has 0 bridgehead atoms. The van der Waals surface area contributed by atoms with E-state index in [0.29, 0.717) is 20.9 Å². The van der Waals surface area contributed by atoms with Crippen LogP contribution in [0, 0.1) is 0 Å². The van der Waals surface area contributed by atoms with E-state index in [4.69, 9.17) is 0 Å². The highest BCUT2D eigenvalue weighted by Gasteiger charge is 2.30. The summed E-state index contributed by atoms with van der Waals surface area (Å²) in [6, 6.07) is 17.2. The lowest BCUT2D eigenvalue weighted by atomic mass is 10.1. The van der Waals surface area contributed by atoms with Crippen molar-refractivity contribution in [3.05, 3.63) is 82.7 Å². The third-order valence-electron chi connectivity index (χ3n) is 3.34. The van der Waals surface area contributed by atoms with Crippen molar-refractivity contribution in [3.8, 4) is 10.4 Å². The highest BCUT2D eigenvalue weighted by molar-refractivity contribution is 7.17. The molecule has 0 atom stereocenters. The minimum atomic E-state index is -4.38. The minimum absolute atomic E-state index is 0.131. The number of hydrogen-bond acceptors (Lipinski definition) is 2. The van der Waals surface area contributed by atoms with Crippen LogP contribution < -0.4 is 0 Å². The van der Waals surface area contributed by atoms with Crippen molar-refractivity contribution in [1.82, 2.24) is 0 Å². The van der Waals surface area contributed by atoms with Crippen LogP contribution in [0.2, 0.25) is 0 Å². The van der Waals surface area contributed by atoms with Crippen molar-refractivity contribution < 1.29 is 18.0 Å². The molecule has 0 spiro atoms. The van der Waals surface area contributed by atoms with Gasteiger partial charge in [-0.3, -0.25) is 4.79 Å². The average Bonchev–Trinajstić information content (AvgIpc) is 3.04. The zero-order valence-corrected chi connectivity index (χ0v) is 12.6. The van der Waals surface area contributed by atoms with Crippen molar-refractivity contribution >= 4 is 17.1 Å². The van der Waals surface area contributed by atoms with Gasteiger partial charge in [-0.15, -0.1) is 11.3 Å². The third-order valence-corrected chi connectivity index (χ3v) is 4.47. The smallest absolute Gasteiger partial charge is 0.288 e. The molecule has 0 aliphatic rings. The number of thiophene rings is 1. The van der Waals surface area contributed by atoms with Gasteiger partial charge < -0.3 is 0 Å². The van der Waals surface area contributed by atoms with E-state index in [-0.39, 0.29) is 5.78 Å². The molecule has 1 heterocycles. The van der Waals surface area contributed by atoms with E-state index in [2.05, 4.69) is 0 Å². The summed E-state index contributed by atoms with van der Waals surface area (Å²) in [5, 5.41) is 0. The van der Waals surface area contributed by atoms with Crippen LogP contribution in [0.25, 0.3) is 10.4 Å². The van der Waals surface area contributed by atoms with Gasteiger partial charge in [0.25, 0.3) is 0 Å². The van der Waals surface area contributed by atoms with Crippen LogP contribution in [-0.2, 0) is 6.18 Å². The monoisotopic (exact) mass is 332 g/mol. The Balaban J connectivity index is 1.92. The fraction of sp³-hybridized carbons (Fsp3) is 0.0556. The normalized spacial score (nSPS) is 11.4. The topological polar surface area (TPSA) is 17.1 Å². The zero-order valence-electron chi connectivity index (χ0n) is 11.8. The average molecular weight is 332 g/mol. The van der Waals surface area contributed by atoms with Crippen LogP contribution >= 0.6 is 11.3 Å². The maximum absolute atomic E-state index is 12.8. The first-order valence-corrected chi connectivity index (χ1v) is 7.64. The standard InChI is InChI=1S/C18H11F3OS/c19-18(20,21)14-8-4-7-13(11-14)15-9-10-16(23-15)17(22)12-5-2-1-3-6-12/h1-11H. The Morgan fingerprint density at radius 3 is 2.30 bits per heavy atom. The summed E-state index contributed by atoms with van der Waals surface area (Å²) in [5.74, 6) is -0.131. The van der Waals surface area contributed by atoms with Gasteiger partial charge in [-0.05, 0) is 29.8 Å². The summed E-state index contributed by atoms with van der Waals surface area (Å²) in [4.78, 5) is 13.5. The molecule has 3 rings (SSSR count). The molecule has 0 fully saturated rings. The van der Waals surface area contributed by atoms with Crippen molar-refractivity contribution in [2.24, 2.45) is 0 Å². The number of carbonyl (C=O) groups excluding carboxylic acids is 1. The van der Waals surface area contributed by atoms with Crippen LogP contribution in [0.4, 0.5) is 13.2 Å². The lowest BCUT2D eigenvalue weighted by molar-refractivity contribution is -0.137. The Labute approximate surface area is 135 Å². The molecule has 0 saturated heterocycles. The molecule has 0 saturated carbocycles. The van der Waals surface area contributed by atoms with Gasteiger partial charge >= 0.3 is 6.18 Å². The van der Waals surface area contributed by atoms with E-state index in [9.17, 15) is 18.0 Å². The molecule has 116 valence electrons. The second kappa shape index (κ2) is 6.01. The van der Waals surface area contributed by atoms with E-state index in [1.54, 1.807) is 42.5 Å². The van der Waals surface area contributed by atoms with E-state index < -0.39 is 11.7 Å². The maximum Gasteiger partial charge on any atom is 0.416 e. The number of carbonyl (C=O) groups is 1. The van der Waals surface area contributed by atoms with E-state index in [1.165, 1.54) is 17.4 Å². The molecule has 1 aromatic heterocycles. The fourth-order valence-corrected chi connectivity index (χ4v) is 3.16. The fourth-order valence-electron chi connectivity index (χ4n) is 2.20. The molecule has 0 unspecified atom stereocenters. The van der Waals surface area contributed by atoms with Crippen molar-refractivity contribution in [1.29, 1.82) is 0 Å². The second-order valence-electron chi connectivity index (χ2n) is 4.94. The first-order chi connectivity index (χ1) is 10.9. The largest absolute Gasteiger partial charge is 0.416 e. The quantitative estimate of drug-likeness (QED) is 0.565. The molecule has 23 heavy (non-hydrogen) atoms. The van der Waals surface area contributed by atoms with Crippen molar-refractivity contribution in [3.63, 3.8) is 0 Å². The Morgan fingerprint density at radius 2 is 1.61 bits per heavy atom. The maximum atomic E-state index is 12.8. The summed E-state index contributed by atoms with van der Waals surface area (Å²) in [7, 11) is 0. The van der Waals surface area contributed by atoms with Gasteiger partial charge in [0.15, 0.2) is 0 Å². The highest BCUT2D eigenvalue weighted by atomic mass is 32.1. The van der Waals surface area contributed by atoms with E-state index in [0.717, 1.165) is 12.1 Å². The second-order valence-corrected chi connectivity index (χ2v) is 6.02. The summed E-state index contributed by atoms with van der Waals surface area (Å²) >= 11 is 1.19. The number of ketones is 1. The zero-order chi connectivity index (χ0) is 16.4. The molecule has 0 aliphatic carbocycles. The summed E-state index contributed by atoms with van der Waals surface area (Å²) < 4.78 is 38.4. The molecule has 5 heteroatoms. The predicted octanol–water partition coefficient (Wildman–Crippen LogP) is 5.66. The summed E-state index contributed by atoms with van der Waals surface area (Å²) in [6.45, 7) is 0. The number of hydrogen-bond donors (Lipinski definition) is 0. The molecule has 0 aliphatic heterocycles. The Kier molecular flexibility index (Phi) is 4.05. The Hall–Kier alpha value is -2.40. The van der Waals surface area contributed by atoms with Crippen LogP contribution in [0.5, 0.6) is 0 Å².